The summed E-state index contributed by atoms with van der Waals surface area (Å²) in [7, 11) is 0. The predicted molar refractivity (Wildman–Crippen MR) is 104 cm³/mol. The fraction of sp³-hybridized carbons (Fsp3) is 0.409. The number of nitrogens with one attached hydrogen (secondary N) is 1. The molecule has 1 amide bonds. The summed E-state index contributed by atoms with van der Waals surface area (Å²) in [5.41, 5.74) is 5.14. The van der Waals surface area contributed by atoms with Crippen LogP contribution in [0.15, 0.2) is 42.5 Å². The van der Waals surface area contributed by atoms with E-state index in [1.165, 1.54) is 23.7 Å². The van der Waals surface area contributed by atoms with Gasteiger partial charge >= 0.3 is 0 Å². The average Bonchev–Trinajstić information content (AvgIpc) is 2.60. The molecule has 26 heavy (non-hydrogen) atoms. The van der Waals surface area contributed by atoms with E-state index in [1.807, 2.05) is 6.07 Å². The summed E-state index contributed by atoms with van der Waals surface area (Å²) in [5.74, 6) is -0.0363. The third-order valence-electron chi connectivity index (χ3n) is 5.66. The Bertz CT molecular complexity index is 809. The van der Waals surface area contributed by atoms with Crippen molar-refractivity contribution in [1.82, 2.24) is 0 Å². The number of hydrogen-bond donors (Lipinski definition) is 2. The van der Waals surface area contributed by atoms with Gasteiger partial charge in [-0.3, -0.25) is 4.79 Å². The van der Waals surface area contributed by atoms with Crippen LogP contribution in [0, 0.1) is 0 Å². The van der Waals surface area contributed by atoms with Gasteiger partial charge in [-0.15, -0.1) is 0 Å². The number of rotatable bonds is 4. The largest absolute Gasteiger partial charge is 0.385 e. The van der Waals surface area contributed by atoms with Crippen molar-refractivity contribution in [2.75, 3.05) is 16.8 Å². The van der Waals surface area contributed by atoms with Crippen molar-refractivity contribution in [3.8, 4) is 0 Å². The second kappa shape index (κ2) is 6.76. The molecule has 1 fully saturated rings. The monoisotopic (exact) mass is 350 g/mol. The molecule has 1 saturated carbocycles. The van der Waals surface area contributed by atoms with Gasteiger partial charge in [-0.2, -0.15) is 0 Å². The predicted octanol–water partition coefficient (Wildman–Crippen LogP) is 3.97. The molecule has 2 aliphatic rings. The lowest BCUT2D eigenvalue weighted by Crippen LogP contribution is -2.33. The van der Waals surface area contributed by atoms with Crippen LogP contribution < -0.4 is 10.2 Å². The molecule has 0 saturated heterocycles. The molecule has 0 spiro atoms. The first kappa shape index (κ1) is 17.1. The van der Waals surface area contributed by atoms with Crippen LogP contribution >= 0.6 is 0 Å². The molecule has 0 unspecified atom stereocenters. The summed E-state index contributed by atoms with van der Waals surface area (Å²) in [5, 5.41) is 13.3. The van der Waals surface area contributed by atoms with Gasteiger partial charge in [0.25, 0.3) is 0 Å². The van der Waals surface area contributed by atoms with Gasteiger partial charge in [-0.1, -0.05) is 24.3 Å². The zero-order valence-corrected chi connectivity index (χ0v) is 15.3. The highest BCUT2D eigenvalue weighted by atomic mass is 16.3. The molecule has 2 aromatic rings. The lowest BCUT2D eigenvalue weighted by Gasteiger charge is -2.37. The Kier molecular flexibility index (Phi) is 4.45. The summed E-state index contributed by atoms with van der Waals surface area (Å²) in [4.78, 5) is 13.7. The Labute approximate surface area is 154 Å². The van der Waals surface area contributed by atoms with Gasteiger partial charge < -0.3 is 15.3 Å². The number of aryl methyl sites for hydroxylation is 1. The summed E-state index contributed by atoms with van der Waals surface area (Å²) in [6, 6.07) is 14.6. The maximum absolute atomic E-state index is 11.3. The Morgan fingerprint density at radius 1 is 1.15 bits per heavy atom. The Morgan fingerprint density at radius 3 is 2.58 bits per heavy atom. The van der Waals surface area contributed by atoms with Crippen LogP contribution in [0.1, 0.15) is 49.3 Å². The molecular weight excluding hydrogens is 324 g/mol. The first-order valence-electron chi connectivity index (χ1n) is 9.51. The zero-order valence-electron chi connectivity index (χ0n) is 15.3. The van der Waals surface area contributed by atoms with Gasteiger partial charge in [0.1, 0.15) is 0 Å². The summed E-state index contributed by atoms with van der Waals surface area (Å²) in [6.45, 7) is 3.44. The first-order valence-corrected chi connectivity index (χ1v) is 9.51. The molecular formula is C22H26N2O2. The highest BCUT2D eigenvalue weighted by Crippen LogP contribution is 2.41. The number of benzene rings is 2. The molecule has 4 heteroatoms. The standard InChI is InChI=1S/C22H26N2O2/c1-16(25)23-20-9-10-21-18(14-20)4-2-13-24(21)15-17-5-7-19(8-6-17)22(26)11-3-12-22/h5-10,14,26H,2-4,11-13,15H2,1H3,(H,23,25). The molecule has 0 aromatic heterocycles. The molecule has 2 aromatic carbocycles. The van der Waals surface area contributed by atoms with Gasteiger partial charge in [0.15, 0.2) is 0 Å². The number of hydrogen-bond acceptors (Lipinski definition) is 3. The fourth-order valence-corrected chi connectivity index (χ4v) is 4.06. The van der Waals surface area contributed by atoms with Crippen LogP contribution in [0.25, 0.3) is 0 Å². The number of amides is 1. The maximum Gasteiger partial charge on any atom is 0.221 e. The normalized spacial score (nSPS) is 18.0. The third-order valence-corrected chi connectivity index (χ3v) is 5.66. The summed E-state index contributed by atoms with van der Waals surface area (Å²) < 4.78 is 0. The Morgan fingerprint density at radius 2 is 1.92 bits per heavy atom. The number of nitrogens with zero attached hydrogens (tertiary/aromatic N) is 1. The van der Waals surface area contributed by atoms with E-state index in [1.54, 1.807) is 0 Å². The highest BCUT2D eigenvalue weighted by molar-refractivity contribution is 5.89. The second-order valence-corrected chi connectivity index (χ2v) is 7.63. The van der Waals surface area contributed by atoms with E-state index >= 15 is 0 Å². The highest BCUT2D eigenvalue weighted by Gasteiger charge is 2.35. The van der Waals surface area contributed by atoms with Crippen LogP contribution in [0.2, 0.25) is 0 Å². The Hall–Kier alpha value is -2.33. The lowest BCUT2D eigenvalue weighted by atomic mass is 9.75. The van der Waals surface area contributed by atoms with E-state index in [-0.39, 0.29) is 5.91 Å². The van der Waals surface area contributed by atoms with Crippen molar-refractivity contribution in [1.29, 1.82) is 0 Å². The molecule has 1 heterocycles. The summed E-state index contributed by atoms with van der Waals surface area (Å²) in [6.07, 6.45) is 5.04. The van der Waals surface area contributed by atoms with Crippen molar-refractivity contribution in [3.05, 3.63) is 59.2 Å². The minimum absolute atomic E-state index is 0.0363. The van der Waals surface area contributed by atoms with Gasteiger partial charge in [0.2, 0.25) is 5.91 Å². The number of carbonyl (C=O) groups excluding carboxylic acids is 1. The van der Waals surface area contributed by atoms with Crippen LogP contribution in [0.3, 0.4) is 0 Å². The smallest absolute Gasteiger partial charge is 0.221 e. The molecule has 4 rings (SSSR count). The van der Waals surface area contributed by atoms with Gasteiger partial charge in [-0.05, 0) is 67.0 Å². The quantitative estimate of drug-likeness (QED) is 0.877. The number of fused-ring (bicyclic) bond motifs is 1. The van der Waals surface area contributed by atoms with Crippen LogP contribution in [0.5, 0.6) is 0 Å². The van der Waals surface area contributed by atoms with E-state index < -0.39 is 5.60 Å². The maximum atomic E-state index is 11.3. The van der Waals surface area contributed by atoms with Crippen molar-refractivity contribution < 1.29 is 9.90 Å². The molecule has 4 nitrogen and oxygen atoms in total. The van der Waals surface area contributed by atoms with Gasteiger partial charge in [0, 0.05) is 31.4 Å². The summed E-state index contributed by atoms with van der Waals surface area (Å²) >= 11 is 0. The number of anilines is 2. The van der Waals surface area contributed by atoms with Crippen molar-refractivity contribution >= 4 is 17.3 Å². The topological polar surface area (TPSA) is 52.6 Å². The van der Waals surface area contributed by atoms with E-state index in [0.29, 0.717) is 0 Å². The lowest BCUT2D eigenvalue weighted by molar-refractivity contribution is -0.114. The van der Waals surface area contributed by atoms with Gasteiger partial charge in [-0.25, -0.2) is 0 Å². The molecule has 1 aliphatic carbocycles. The average molecular weight is 350 g/mol. The fourth-order valence-electron chi connectivity index (χ4n) is 4.06. The molecule has 0 atom stereocenters. The van der Waals surface area contributed by atoms with E-state index in [0.717, 1.165) is 56.4 Å². The van der Waals surface area contributed by atoms with Crippen LogP contribution in [-0.4, -0.2) is 17.6 Å². The van der Waals surface area contributed by atoms with E-state index in [9.17, 15) is 9.90 Å². The van der Waals surface area contributed by atoms with Crippen molar-refractivity contribution in [2.24, 2.45) is 0 Å². The van der Waals surface area contributed by atoms with Crippen LogP contribution in [0.4, 0.5) is 11.4 Å². The molecule has 0 radical (unpaired) electrons. The van der Waals surface area contributed by atoms with Crippen molar-refractivity contribution in [3.63, 3.8) is 0 Å². The number of carbonyl (C=O) groups is 1. The molecule has 2 N–H and O–H groups in total. The third kappa shape index (κ3) is 3.34. The second-order valence-electron chi connectivity index (χ2n) is 7.63. The first-order chi connectivity index (χ1) is 12.5. The minimum atomic E-state index is -0.587. The number of aliphatic hydroxyl groups is 1. The van der Waals surface area contributed by atoms with Gasteiger partial charge in [0.05, 0.1) is 5.60 Å². The van der Waals surface area contributed by atoms with E-state index in [4.69, 9.17) is 0 Å². The van der Waals surface area contributed by atoms with E-state index in [2.05, 4.69) is 46.6 Å². The minimum Gasteiger partial charge on any atom is -0.385 e. The Balaban J connectivity index is 1.50. The SMILES string of the molecule is CC(=O)Nc1ccc2c(c1)CCCN2Cc1ccc(C2(O)CCC2)cc1. The molecule has 136 valence electrons. The zero-order chi connectivity index (χ0) is 18.1. The molecule has 1 aliphatic heterocycles. The molecule has 0 bridgehead atoms. The van der Waals surface area contributed by atoms with Crippen LogP contribution in [-0.2, 0) is 23.4 Å². The van der Waals surface area contributed by atoms with Crippen molar-refractivity contribution in [2.45, 2.75) is 51.2 Å².